The molecule has 7 heteroatoms. The maximum Gasteiger partial charge on any atom is 0.127 e. The molecule has 35 heavy (non-hydrogen) atoms. The fourth-order valence-corrected chi connectivity index (χ4v) is 2.77. The van der Waals surface area contributed by atoms with Gasteiger partial charge in [0.1, 0.15) is 28.7 Å². The number of phenolic OH excluding ortho intramolecular Hbond substituents is 3. The average molecular weight is 513 g/mol. The molecule has 0 heterocycles. The van der Waals surface area contributed by atoms with E-state index >= 15 is 0 Å². The normalized spacial score (nSPS) is 10.4. The summed E-state index contributed by atoms with van der Waals surface area (Å²) >= 11 is 0. The molecule has 0 unspecified atom stereocenters. The third-order valence-corrected chi connectivity index (χ3v) is 4.51. The van der Waals surface area contributed by atoms with Crippen molar-refractivity contribution in [2.45, 2.75) is 0 Å². The van der Waals surface area contributed by atoms with Gasteiger partial charge in [0.15, 0.2) is 0 Å². The second-order valence-electron chi connectivity index (χ2n) is 7.10. The van der Waals surface area contributed by atoms with E-state index in [9.17, 15) is 10.2 Å². The molecule has 0 saturated carbocycles. The molecule has 0 bridgehead atoms. The van der Waals surface area contributed by atoms with Gasteiger partial charge in [-0.2, -0.15) is 0 Å². The van der Waals surface area contributed by atoms with Crippen molar-refractivity contribution >= 4 is 12.4 Å². The molecule has 181 valence electrons. The summed E-state index contributed by atoms with van der Waals surface area (Å²) in [5.74, 6) is 2.18. The van der Waals surface area contributed by atoms with Crippen LogP contribution in [0.2, 0.25) is 0 Å². The number of para-hydroxylation sites is 3. The molecule has 3 N–H and O–H groups in total. The van der Waals surface area contributed by atoms with Gasteiger partial charge in [-0.1, -0.05) is 42.5 Å². The van der Waals surface area contributed by atoms with E-state index in [1.807, 2.05) is 42.5 Å². The number of aromatic hydroxyl groups is 3. The zero-order chi connectivity index (χ0) is 24.0. The smallest absolute Gasteiger partial charge is 0.127 e. The van der Waals surface area contributed by atoms with Crippen molar-refractivity contribution in [3.8, 4) is 28.7 Å². The van der Waals surface area contributed by atoms with E-state index < -0.39 is 0 Å². The maximum atomic E-state index is 9.54. The van der Waals surface area contributed by atoms with Gasteiger partial charge >= 0.3 is 0 Å². The molecule has 0 spiro atoms. The Labute approximate surface area is 215 Å². The maximum absolute atomic E-state index is 9.54. The third-order valence-electron chi connectivity index (χ3n) is 4.51. The Morgan fingerprint density at radius 2 is 0.971 bits per heavy atom. The molecule has 0 atom stereocenters. The third kappa shape index (κ3) is 9.75. The van der Waals surface area contributed by atoms with Crippen LogP contribution in [0.1, 0.15) is 11.1 Å². The Balaban J connectivity index is 0.000000254. The minimum absolute atomic E-state index is 0. The summed E-state index contributed by atoms with van der Waals surface area (Å²) < 4.78 is 5.52. The zero-order valence-corrected chi connectivity index (χ0v) is 19.9. The minimum Gasteiger partial charge on any atom is -0.508 e. The molecular weight excluding hydrogens is 487 g/mol. The number of hydrogen-bond donors (Lipinski definition) is 3. The SMILES string of the molecule is Oc1ccc(Oc2ccccc2)cc1.Oc1ccccc1/C=N/CC/N=C/c1ccccc1O.[Co]. The molecule has 0 amide bonds. The van der Waals surface area contributed by atoms with E-state index in [1.165, 1.54) is 0 Å². The van der Waals surface area contributed by atoms with Crippen LogP contribution >= 0.6 is 0 Å². The van der Waals surface area contributed by atoms with Crippen LogP contribution in [-0.2, 0) is 16.8 Å². The Kier molecular flexibility index (Phi) is 11.6. The number of benzene rings is 4. The summed E-state index contributed by atoms with van der Waals surface area (Å²) in [6.45, 7) is 1.05. The number of hydrogen-bond acceptors (Lipinski definition) is 6. The van der Waals surface area contributed by atoms with Gasteiger partial charge in [-0.05, 0) is 60.7 Å². The molecule has 6 nitrogen and oxygen atoms in total. The number of ether oxygens (including phenoxy) is 1. The number of phenols is 3. The molecule has 0 aliphatic rings. The van der Waals surface area contributed by atoms with Crippen LogP contribution in [0.3, 0.4) is 0 Å². The van der Waals surface area contributed by atoms with Gasteiger partial charge in [0.25, 0.3) is 0 Å². The second-order valence-corrected chi connectivity index (χ2v) is 7.10. The van der Waals surface area contributed by atoms with Crippen LogP contribution in [0, 0.1) is 0 Å². The van der Waals surface area contributed by atoms with Crippen LogP contribution in [-0.4, -0.2) is 40.8 Å². The van der Waals surface area contributed by atoms with E-state index in [2.05, 4.69) is 9.98 Å². The number of rotatable bonds is 7. The van der Waals surface area contributed by atoms with Crippen molar-refractivity contribution in [2.24, 2.45) is 9.98 Å². The summed E-state index contributed by atoms with van der Waals surface area (Å²) in [7, 11) is 0. The van der Waals surface area contributed by atoms with Crippen LogP contribution in [0.15, 0.2) is 113 Å². The first-order valence-corrected chi connectivity index (χ1v) is 10.7. The minimum atomic E-state index is 0. The molecule has 4 aromatic rings. The molecule has 0 saturated heterocycles. The van der Waals surface area contributed by atoms with E-state index in [0.717, 1.165) is 5.75 Å². The number of aliphatic imine (C=N–C) groups is 2. The monoisotopic (exact) mass is 513 g/mol. The molecule has 0 aliphatic carbocycles. The van der Waals surface area contributed by atoms with Crippen LogP contribution in [0.25, 0.3) is 0 Å². The van der Waals surface area contributed by atoms with Crippen LogP contribution < -0.4 is 4.74 Å². The van der Waals surface area contributed by atoms with Crippen molar-refractivity contribution in [3.05, 3.63) is 114 Å². The fraction of sp³-hybridized carbons (Fsp3) is 0.0714. The topological polar surface area (TPSA) is 94.6 Å². The standard InChI is InChI=1S/C16H16N2O2.C12H10O2.Co/c19-15-7-3-1-5-13(15)11-17-9-10-18-12-14-6-2-4-8-16(14)20;13-10-6-8-12(9-7-10)14-11-4-2-1-3-5-11;/h1-8,11-12,19-20H,9-10H2;1-9,13H;/b17-11+,18-12+;;. The van der Waals surface area contributed by atoms with Gasteiger partial charge in [-0.3, -0.25) is 9.98 Å². The van der Waals surface area contributed by atoms with Crippen molar-refractivity contribution in [1.29, 1.82) is 0 Å². The Morgan fingerprint density at radius 3 is 1.46 bits per heavy atom. The van der Waals surface area contributed by atoms with Gasteiger partial charge < -0.3 is 20.1 Å². The Hall–Kier alpha value is -4.07. The summed E-state index contributed by atoms with van der Waals surface area (Å²) in [5.41, 5.74) is 1.38. The molecule has 1 radical (unpaired) electrons. The number of nitrogens with zero attached hydrogens (tertiary/aromatic N) is 2. The first-order valence-electron chi connectivity index (χ1n) is 10.7. The van der Waals surface area contributed by atoms with Gasteiger partial charge in [-0.25, -0.2) is 0 Å². The van der Waals surface area contributed by atoms with E-state index in [-0.39, 0.29) is 34.0 Å². The zero-order valence-electron chi connectivity index (χ0n) is 18.9. The largest absolute Gasteiger partial charge is 0.508 e. The fourth-order valence-electron chi connectivity index (χ4n) is 2.77. The van der Waals surface area contributed by atoms with E-state index in [1.54, 1.807) is 73.1 Å². The van der Waals surface area contributed by atoms with Crippen molar-refractivity contribution in [1.82, 2.24) is 0 Å². The molecule has 0 fully saturated rings. The van der Waals surface area contributed by atoms with Crippen molar-refractivity contribution in [3.63, 3.8) is 0 Å². The average Bonchev–Trinajstić information content (AvgIpc) is 2.86. The first kappa shape index (κ1) is 27.2. The van der Waals surface area contributed by atoms with E-state index in [0.29, 0.717) is 30.0 Å². The van der Waals surface area contributed by atoms with Gasteiger partial charge in [0.2, 0.25) is 0 Å². The molecule has 4 rings (SSSR count). The van der Waals surface area contributed by atoms with Crippen LogP contribution in [0.5, 0.6) is 28.7 Å². The first-order chi connectivity index (χ1) is 16.6. The summed E-state index contributed by atoms with van der Waals surface area (Å²) in [5, 5.41) is 28.2. The Bertz CT molecular complexity index is 1160. The summed E-state index contributed by atoms with van der Waals surface area (Å²) in [6, 6.07) is 30.2. The van der Waals surface area contributed by atoms with E-state index in [4.69, 9.17) is 9.84 Å². The second kappa shape index (κ2) is 14.9. The van der Waals surface area contributed by atoms with Crippen molar-refractivity contribution in [2.75, 3.05) is 13.1 Å². The quantitative estimate of drug-likeness (QED) is 0.215. The molecular formula is C28H26CoN2O4. The molecule has 0 aliphatic heterocycles. The molecule has 4 aromatic carbocycles. The van der Waals surface area contributed by atoms with Crippen molar-refractivity contribution < 1.29 is 36.8 Å². The van der Waals surface area contributed by atoms with Gasteiger partial charge in [0.05, 0.1) is 13.1 Å². The summed E-state index contributed by atoms with van der Waals surface area (Å²) in [6.07, 6.45) is 3.26. The summed E-state index contributed by atoms with van der Waals surface area (Å²) in [4.78, 5) is 8.39. The van der Waals surface area contributed by atoms with Gasteiger partial charge in [0, 0.05) is 40.3 Å². The van der Waals surface area contributed by atoms with Gasteiger partial charge in [-0.15, -0.1) is 0 Å². The molecule has 0 aromatic heterocycles. The Morgan fingerprint density at radius 1 is 0.543 bits per heavy atom. The predicted molar refractivity (Wildman–Crippen MR) is 136 cm³/mol. The predicted octanol–water partition coefficient (Wildman–Crippen LogP) is 5.82. The van der Waals surface area contributed by atoms with Crippen LogP contribution in [0.4, 0.5) is 0 Å².